The van der Waals surface area contributed by atoms with Crippen molar-refractivity contribution < 1.29 is 9.21 Å². The third-order valence-electron chi connectivity index (χ3n) is 2.46. The summed E-state index contributed by atoms with van der Waals surface area (Å²) < 4.78 is 5.51. The van der Waals surface area contributed by atoms with Crippen LogP contribution in [-0.2, 0) is 11.2 Å². The van der Waals surface area contributed by atoms with Crippen LogP contribution in [0.2, 0.25) is 0 Å². The molecule has 0 aliphatic rings. The Morgan fingerprint density at radius 1 is 1.35 bits per heavy atom. The van der Waals surface area contributed by atoms with E-state index < -0.39 is 0 Å². The van der Waals surface area contributed by atoms with E-state index in [1.165, 1.54) is 0 Å². The van der Waals surface area contributed by atoms with E-state index in [2.05, 4.69) is 20.5 Å². The fourth-order valence-electron chi connectivity index (χ4n) is 1.66. The monoisotopic (exact) mass is 274 g/mol. The van der Waals surface area contributed by atoms with Crippen molar-refractivity contribution in [2.24, 2.45) is 0 Å². The van der Waals surface area contributed by atoms with E-state index in [1.54, 1.807) is 18.5 Å². The Morgan fingerprint density at radius 3 is 2.80 bits per heavy atom. The molecular weight excluding hydrogens is 256 g/mol. The number of aryl methyl sites for hydroxylation is 1. The SMILES string of the molecule is CC(C)(C)NC(=O)CCc1nnc(-c2cccnc2)o1. The highest BCUT2D eigenvalue weighted by Gasteiger charge is 2.15. The van der Waals surface area contributed by atoms with Gasteiger partial charge in [-0.2, -0.15) is 0 Å². The molecule has 1 N–H and O–H groups in total. The zero-order valence-corrected chi connectivity index (χ0v) is 11.9. The Hall–Kier alpha value is -2.24. The van der Waals surface area contributed by atoms with Gasteiger partial charge in [0.1, 0.15) is 0 Å². The summed E-state index contributed by atoms with van der Waals surface area (Å²) in [4.78, 5) is 15.7. The molecule has 106 valence electrons. The van der Waals surface area contributed by atoms with E-state index in [-0.39, 0.29) is 11.4 Å². The Labute approximate surface area is 117 Å². The molecule has 6 heteroatoms. The number of aromatic nitrogens is 3. The van der Waals surface area contributed by atoms with Gasteiger partial charge in [0.25, 0.3) is 0 Å². The maximum Gasteiger partial charge on any atom is 0.249 e. The van der Waals surface area contributed by atoms with Crippen LogP contribution in [0.3, 0.4) is 0 Å². The van der Waals surface area contributed by atoms with Gasteiger partial charge in [0.2, 0.25) is 17.7 Å². The maximum absolute atomic E-state index is 11.7. The van der Waals surface area contributed by atoms with Gasteiger partial charge in [-0.25, -0.2) is 0 Å². The van der Waals surface area contributed by atoms with Crippen LogP contribution in [0.25, 0.3) is 11.5 Å². The van der Waals surface area contributed by atoms with E-state index in [0.717, 1.165) is 5.56 Å². The highest BCUT2D eigenvalue weighted by Crippen LogP contribution is 2.16. The van der Waals surface area contributed by atoms with E-state index in [4.69, 9.17) is 4.42 Å². The third kappa shape index (κ3) is 4.15. The average molecular weight is 274 g/mol. The van der Waals surface area contributed by atoms with Crippen molar-refractivity contribution >= 4 is 5.91 Å². The lowest BCUT2D eigenvalue weighted by molar-refractivity contribution is -0.122. The molecule has 2 aromatic rings. The molecule has 6 nitrogen and oxygen atoms in total. The first kappa shape index (κ1) is 14.2. The Kier molecular flexibility index (Phi) is 4.12. The second-order valence-electron chi connectivity index (χ2n) is 5.54. The van der Waals surface area contributed by atoms with Crippen molar-refractivity contribution in [1.82, 2.24) is 20.5 Å². The zero-order chi connectivity index (χ0) is 14.6. The van der Waals surface area contributed by atoms with Crippen molar-refractivity contribution in [3.63, 3.8) is 0 Å². The topological polar surface area (TPSA) is 80.9 Å². The summed E-state index contributed by atoms with van der Waals surface area (Å²) in [6.07, 6.45) is 4.09. The number of hydrogen-bond acceptors (Lipinski definition) is 5. The van der Waals surface area contributed by atoms with Gasteiger partial charge < -0.3 is 9.73 Å². The van der Waals surface area contributed by atoms with Crippen molar-refractivity contribution in [3.8, 4) is 11.5 Å². The Morgan fingerprint density at radius 2 is 2.15 bits per heavy atom. The lowest BCUT2D eigenvalue weighted by Gasteiger charge is -2.20. The molecule has 0 saturated carbocycles. The van der Waals surface area contributed by atoms with Gasteiger partial charge in [0.05, 0.1) is 5.56 Å². The van der Waals surface area contributed by atoms with Gasteiger partial charge in [-0.3, -0.25) is 9.78 Å². The number of amides is 1. The molecule has 0 saturated heterocycles. The van der Waals surface area contributed by atoms with E-state index in [1.807, 2.05) is 26.8 Å². The van der Waals surface area contributed by atoms with Crippen LogP contribution >= 0.6 is 0 Å². The summed E-state index contributed by atoms with van der Waals surface area (Å²) in [7, 11) is 0. The summed E-state index contributed by atoms with van der Waals surface area (Å²) >= 11 is 0. The fraction of sp³-hybridized carbons (Fsp3) is 0.429. The van der Waals surface area contributed by atoms with Gasteiger partial charge >= 0.3 is 0 Å². The molecule has 0 aliphatic heterocycles. The number of rotatable bonds is 4. The summed E-state index contributed by atoms with van der Waals surface area (Å²) in [5.41, 5.74) is 0.540. The van der Waals surface area contributed by atoms with Crippen molar-refractivity contribution in [2.45, 2.75) is 39.2 Å². The molecule has 0 bridgehead atoms. The quantitative estimate of drug-likeness (QED) is 0.922. The average Bonchev–Trinajstić information content (AvgIpc) is 2.84. The highest BCUT2D eigenvalue weighted by atomic mass is 16.4. The molecule has 0 spiro atoms. The van der Waals surface area contributed by atoms with E-state index >= 15 is 0 Å². The van der Waals surface area contributed by atoms with Crippen LogP contribution in [0.5, 0.6) is 0 Å². The van der Waals surface area contributed by atoms with E-state index in [9.17, 15) is 4.79 Å². The normalized spacial score (nSPS) is 11.3. The maximum atomic E-state index is 11.7. The first-order valence-electron chi connectivity index (χ1n) is 6.48. The minimum atomic E-state index is -0.229. The molecule has 20 heavy (non-hydrogen) atoms. The first-order valence-corrected chi connectivity index (χ1v) is 6.48. The summed E-state index contributed by atoms with van der Waals surface area (Å²) in [5.74, 6) is 0.843. The fourth-order valence-corrected chi connectivity index (χ4v) is 1.66. The number of carbonyl (C=O) groups excluding carboxylic acids is 1. The molecular formula is C14H18N4O2. The minimum absolute atomic E-state index is 0.0290. The van der Waals surface area contributed by atoms with Crippen LogP contribution in [0.15, 0.2) is 28.9 Å². The largest absolute Gasteiger partial charge is 0.421 e. The molecule has 0 aromatic carbocycles. The summed E-state index contributed by atoms with van der Waals surface area (Å²) in [6.45, 7) is 5.83. The van der Waals surface area contributed by atoms with Crippen molar-refractivity contribution in [2.75, 3.05) is 0 Å². The van der Waals surface area contributed by atoms with Crippen molar-refractivity contribution in [3.05, 3.63) is 30.4 Å². The van der Waals surface area contributed by atoms with Crippen LogP contribution in [0.4, 0.5) is 0 Å². The molecule has 2 heterocycles. The molecule has 2 aromatic heterocycles. The standard InChI is InChI=1S/C14H18N4O2/c1-14(2,3)16-11(19)6-7-12-17-18-13(20-12)10-5-4-8-15-9-10/h4-5,8-9H,6-7H2,1-3H3,(H,16,19). The number of carbonyl (C=O) groups is 1. The van der Waals surface area contributed by atoms with Gasteiger partial charge in [-0.1, -0.05) is 0 Å². The van der Waals surface area contributed by atoms with Crippen LogP contribution < -0.4 is 5.32 Å². The first-order chi connectivity index (χ1) is 9.44. The molecule has 0 aliphatic carbocycles. The smallest absolute Gasteiger partial charge is 0.249 e. The van der Waals surface area contributed by atoms with E-state index in [0.29, 0.717) is 24.6 Å². The lowest BCUT2D eigenvalue weighted by Crippen LogP contribution is -2.40. The molecule has 0 radical (unpaired) electrons. The second kappa shape index (κ2) is 5.81. The van der Waals surface area contributed by atoms with Gasteiger partial charge in [-0.05, 0) is 32.9 Å². The Balaban J connectivity index is 1.92. The van der Waals surface area contributed by atoms with Gasteiger partial charge in [-0.15, -0.1) is 10.2 Å². The summed E-state index contributed by atoms with van der Waals surface area (Å²) in [6, 6.07) is 3.65. The van der Waals surface area contributed by atoms with Gasteiger partial charge in [0.15, 0.2) is 0 Å². The van der Waals surface area contributed by atoms with Crippen LogP contribution in [-0.4, -0.2) is 26.6 Å². The third-order valence-corrected chi connectivity index (χ3v) is 2.46. The predicted octanol–water partition coefficient (Wildman–Crippen LogP) is 1.98. The molecule has 1 amide bonds. The molecule has 0 fully saturated rings. The van der Waals surface area contributed by atoms with Crippen molar-refractivity contribution in [1.29, 1.82) is 0 Å². The van der Waals surface area contributed by atoms with Crippen LogP contribution in [0, 0.1) is 0 Å². The highest BCUT2D eigenvalue weighted by molar-refractivity contribution is 5.76. The second-order valence-corrected chi connectivity index (χ2v) is 5.54. The Bertz CT molecular complexity index is 572. The molecule has 2 rings (SSSR count). The number of nitrogens with one attached hydrogen (secondary N) is 1. The predicted molar refractivity (Wildman–Crippen MR) is 73.7 cm³/mol. The minimum Gasteiger partial charge on any atom is -0.421 e. The van der Waals surface area contributed by atoms with Gasteiger partial charge in [0, 0.05) is 30.8 Å². The molecule has 0 atom stereocenters. The lowest BCUT2D eigenvalue weighted by atomic mass is 10.1. The zero-order valence-electron chi connectivity index (χ0n) is 11.9. The number of hydrogen-bond donors (Lipinski definition) is 1. The van der Waals surface area contributed by atoms with Crippen LogP contribution in [0.1, 0.15) is 33.1 Å². The molecule has 0 unspecified atom stereocenters. The summed E-state index contributed by atoms with van der Waals surface area (Å²) in [5, 5.41) is 10.8. The number of pyridine rings is 1. The number of nitrogens with zero attached hydrogens (tertiary/aromatic N) is 3.